The summed E-state index contributed by atoms with van der Waals surface area (Å²) in [6, 6.07) is 3.23. The summed E-state index contributed by atoms with van der Waals surface area (Å²) in [6.45, 7) is -1.94. The second-order valence-corrected chi connectivity index (χ2v) is 3.34. The Morgan fingerprint density at radius 2 is 2.20 bits per heavy atom. The standard InChI is InChI=1S/C11H8F2N2O5/c1-2-19-10(16)7-3-6(5-14)4-8(20-11(12)13)9(7)15(17)18/h3-4,11H,2H2,1H3. The van der Waals surface area contributed by atoms with Crippen LogP contribution in [-0.4, -0.2) is 24.1 Å². The van der Waals surface area contributed by atoms with Crippen LogP contribution in [0.5, 0.6) is 5.75 Å². The number of hydrogen-bond donors (Lipinski definition) is 0. The molecular formula is C11H8F2N2O5. The van der Waals surface area contributed by atoms with E-state index in [0.717, 1.165) is 12.1 Å². The number of nitro groups is 1. The third-order valence-electron chi connectivity index (χ3n) is 2.10. The van der Waals surface area contributed by atoms with Gasteiger partial charge >= 0.3 is 18.3 Å². The van der Waals surface area contributed by atoms with E-state index in [1.54, 1.807) is 6.07 Å². The molecule has 20 heavy (non-hydrogen) atoms. The number of halogens is 2. The van der Waals surface area contributed by atoms with E-state index < -0.39 is 34.5 Å². The minimum Gasteiger partial charge on any atom is -0.462 e. The number of nitro benzene ring substituents is 1. The van der Waals surface area contributed by atoms with Crippen molar-refractivity contribution in [2.45, 2.75) is 13.5 Å². The molecule has 7 nitrogen and oxygen atoms in total. The van der Waals surface area contributed by atoms with Crippen molar-refractivity contribution in [2.24, 2.45) is 0 Å². The monoisotopic (exact) mass is 286 g/mol. The fourth-order valence-electron chi connectivity index (χ4n) is 1.41. The number of nitrogens with zero attached hydrogens (tertiary/aromatic N) is 2. The predicted octanol–water partition coefficient (Wildman–Crippen LogP) is 2.24. The Morgan fingerprint density at radius 1 is 1.55 bits per heavy atom. The van der Waals surface area contributed by atoms with Gasteiger partial charge < -0.3 is 9.47 Å². The molecule has 0 aliphatic heterocycles. The minimum atomic E-state index is -3.34. The zero-order valence-electron chi connectivity index (χ0n) is 10.1. The summed E-state index contributed by atoms with van der Waals surface area (Å²) in [6.07, 6.45) is 0. The lowest BCUT2D eigenvalue weighted by molar-refractivity contribution is -0.386. The molecular weight excluding hydrogens is 278 g/mol. The average molecular weight is 286 g/mol. The first-order chi connectivity index (χ1) is 9.40. The molecule has 1 rings (SSSR count). The number of carbonyl (C=O) groups is 1. The smallest absolute Gasteiger partial charge is 0.387 e. The van der Waals surface area contributed by atoms with Crippen LogP contribution in [0.1, 0.15) is 22.8 Å². The molecule has 0 atom stereocenters. The molecule has 0 saturated carbocycles. The van der Waals surface area contributed by atoms with E-state index >= 15 is 0 Å². The summed E-state index contributed by atoms with van der Waals surface area (Å²) in [5, 5.41) is 19.7. The minimum absolute atomic E-state index is 0.0716. The van der Waals surface area contributed by atoms with Crippen molar-refractivity contribution in [2.75, 3.05) is 6.61 Å². The van der Waals surface area contributed by atoms with E-state index in [9.17, 15) is 23.7 Å². The van der Waals surface area contributed by atoms with E-state index in [1.165, 1.54) is 6.92 Å². The van der Waals surface area contributed by atoms with Gasteiger partial charge in [-0.1, -0.05) is 0 Å². The molecule has 106 valence electrons. The molecule has 0 aromatic heterocycles. The van der Waals surface area contributed by atoms with Crippen molar-refractivity contribution in [1.29, 1.82) is 5.26 Å². The van der Waals surface area contributed by atoms with Gasteiger partial charge in [0, 0.05) is 6.07 Å². The third kappa shape index (κ3) is 3.38. The first-order valence-electron chi connectivity index (χ1n) is 5.25. The molecule has 0 heterocycles. The maximum atomic E-state index is 12.2. The Hall–Kier alpha value is -2.76. The highest BCUT2D eigenvalue weighted by molar-refractivity contribution is 5.95. The SMILES string of the molecule is CCOC(=O)c1cc(C#N)cc(OC(F)F)c1[N+](=O)[O-]. The Bertz CT molecular complexity index is 583. The first kappa shape index (κ1) is 15.3. The molecule has 0 unspecified atom stereocenters. The number of ether oxygens (including phenoxy) is 2. The third-order valence-corrected chi connectivity index (χ3v) is 2.10. The van der Waals surface area contributed by atoms with Gasteiger partial charge in [0.15, 0.2) is 0 Å². The molecule has 0 radical (unpaired) electrons. The van der Waals surface area contributed by atoms with Crippen LogP contribution in [0.2, 0.25) is 0 Å². The van der Waals surface area contributed by atoms with Crippen molar-refractivity contribution in [3.05, 3.63) is 33.4 Å². The molecule has 0 aliphatic carbocycles. The van der Waals surface area contributed by atoms with Crippen LogP contribution >= 0.6 is 0 Å². The summed E-state index contributed by atoms with van der Waals surface area (Å²) in [5.74, 6) is -1.97. The Morgan fingerprint density at radius 3 is 2.65 bits per heavy atom. The molecule has 0 fully saturated rings. The zero-order valence-corrected chi connectivity index (χ0v) is 10.1. The van der Waals surface area contributed by atoms with Crippen LogP contribution in [0.15, 0.2) is 12.1 Å². The molecule has 0 bridgehead atoms. The van der Waals surface area contributed by atoms with E-state index in [4.69, 9.17) is 5.26 Å². The molecule has 0 N–H and O–H groups in total. The first-order valence-corrected chi connectivity index (χ1v) is 5.25. The summed E-state index contributed by atoms with van der Waals surface area (Å²) < 4.78 is 33.0. The quantitative estimate of drug-likeness (QED) is 0.467. The van der Waals surface area contributed by atoms with Gasteiger partial charge in [0.25, 0.3) is 0 Å². The van der Waals surface area contributed by atoms with Crippen molar-refractivity contribution >= 4 is 11.7 Å². The second-order valence-electron chi connectivity index (χ2n) is 3.34. The lowest BCUT2D eigenvalue weighted by Crippen LogP contribution is -2.12. The molecule has 9 heteroatoms. The summed E-state index contributed by atoms with van der Waals surface area (Å²) in [4.78, 5) is 21.5. The van der Waals surface area contributed by atoms with Crippen LogP contribution in [-0.2, 0) is 4.74 Å². The highest BCUT2D eigenvalue weighted by atomic mass is 19.3. The number of hydrogen-bond acceptors (Lipinski definition) is 6. The highest BCUT2D eigenvalue weighted by Gasteiger charge is 2.29. The van der Waals surface area contributed by atoms with Crippen LogP contribution in [0.3, 0.4) is 0 Å². The van der Waals surface area contributed by atoms with Crippen LogP contribution in [0, 0.1) is 21.4 Å². The molecule has 0 aliphatic rings. The second kappa shape index (κ2) is 6.42. The van der Waals surface area contributed by atoms with Gasteiger partial charge in [-0.2, -0.15) is 14.0 Å². The summed E-state index contributed by atoms with van der Waals surface area (Å²) in [5.41, 5.74) is -1.83. The average Bonchev–Trinajstić information content (AvgIpc) is 2.36. The number of alkyl halides is 2. The van der Waals surface area contributed by atoms with Crippen molar-refractivity contribution in [3.63, 3.8) is 0 Å². The number of esters is 1. The van der Waals surface area contributed by atoms with Gasteiger partial charge in [0.2, 0.25) is 5.75 Å². The van der Waals surface area contributed by atoms with Gasteiger partial charge in [-0.3, -0.25) is 10.1 Å². The van der Waals surface area contributed by atoms with Crippen molar-refractivity contribution < 1.29 is 28.0 Å². The topological polar surface area (TPSA) is 102 Å². The predicted molar refractivity (Wildman–Crippen MR) is 60.4 cm³/mol. The van der Waals surface area contributed by atoms with Crippen LogP contribution in [0.25, 0.3) is 0 Å². The lowest BCUT2D eigenvalue weighted by Gasteiger charge is -2.09. The van der Waals surface area contributed by atoms with Crippen molar-refractivity contribution in [3.8, 4) is 11.8 Å². The van der Waals surface area contributed by atoms with Crippen LogP contribution in [0.4, 0.5) is 14.5 Å². The zero-order chi connectivity index (χ0) is 15.3. The number of benzene rings is 1. The van der Waals surface area contributed by atoms with E-state index in [1.807, 2.05) is 0 Å². The van der Waals surface area contributed by atoms with Gasteiger partial charge in [-0.05, 0) is 13.0 Å². The Balaban J connectivity index is 3.50. The number of rotatable bonds is 5. The molecule has 0 spiro atoms. The highest BCUT2D eigenvalue weighted by Crippen LogP contribution is 2.34. The fraction of sp³-hybridized carbons (Fsp3) is 0.273. The fourth-order valence-corrected chi connectivity index (χ4v) is 1.41. The maximum Gasteiger partial charge on any atom is 0.387 e. The van der Waals surface area contributed by atoms with Crippen molar-refractivity contribution in [1.82, 2.24) is 0 Å². The molecule has 1 aromatic carbocycles. The van der Waals surface area contributed by atoms with E-state index in [2.05, 4.69) is 9.47 Å². The molecule has 0 amide bonds. The van der Waals surface area contributed by atoms with E-state index in [-0.39, 0.29) is 12.2 Å². The van der Waals surface area contributed by atoms with Crippen LogP contribution < -0.4 is 4.74 Å². The Labute approximate surface area is 111 Å². The lowest BCUT2D eigenvalue weighted by atomic mass is 10.1. The van der Waals surface area contributed by atoms with Gasteiger partial charge in [0.05, 0.1) is 23.2 Å². The number of carbonyl (C=O) groups excluding carboxylic acids is 1. The largest absolute Gasteiger partial charge is 0.462 e. The van der Waals surface area contributed by atoms with Gasteiger partial charge in [-0.15, -0.1) is 0 Å². The summed E-state index contributed by atoms with van der Waals surface area (Å²) in [7, 11) is 0. The summed E-state index contributed by atoms with van der Waals surface area (Å²) >= 11 is 0. The maximum absolute atomic E-state index is 12.2. The Kier molecular flexibility index (Phi) is 4.91. The van der Waals surface area contributed by atoms with E-state index in [0.29, 0.717) is 0 Å². The molecule has 1 aromatic rings. The van der Waals surface area contributed by atoms with Gasteiger partial charge in [0.1, 0.15) is 5.56 Å². The number of nitriles is 1. The van der Waals surface area contributed by atoms with Gasteiger partial charge in [-0.25, -0.2) is 4.79 Å². The normalized spacial score (nSPS) is 9.95. The molecule has 0 saturated heterocycles.